The van der Waals surface area contributed by atoms with E-state index >= 15 is 0 Å². The minimum Gasteiger partial charge on any atom is -0.395 e. The normalized spacial score (nSPS) is 9.79. The van der Waals surface area contributed by atoms with Crippen LogP contribution in [0.4, 0.5) is 5.13 Å². The number of nitrogens with zero attached hydrogens (tertiary/aromatic N) is 2. The van der Waals surface area contributed by atoms with Gasteiger partial charge in [-0.2, -0.15) is 0 Å². The van der Waals surface area contributed by atoms with Crippen LogP contribution in [0.3, 0.4) is 0 Å². The van der Waals surface area contributed by atoms with Crippen molar-refractivity contribution >= 4 is 33.7 Å². The highest BCUT2D eigenvalue weighted by Gasteiger charge is 2.12. The molecule has 0 aliphatic carbocycles. The molecule has 0 aliphatic heterocycles. The Balaban J connectivity index is 2.11. The predicted octanol–water partition coefficient (Wildman–Crippen LogP) is 1.89. The van der Waals surface area contributed by atoms with E-state index in [0.29, 0.717) is 16.4 Å². The number of carbonyl (C=O) groups is 1. The molecule has 0 unspecified atom stereocenters. The summed E-state index contributed by atoms with van der Waals surface area (Å²) in [6.07, 6.45) is 0.434. The Morgan fingerprint density at radius 3 is 3.11 bits per heavy atom. The Kier molecular flexibility index (Phi) is 4.63. The highest BCUT2D eigenvalue weighted by Crippen LogP contribution is 2.22. The van der Waals surface area contributed by atoms with Crippen molar-refractivity contribution in [1.82, 2.24) is 10.2 Å². The molecule has 0 spiro atoms. The fourth-order valence-electron chi connectivity index (χ4n) is 1.30. The zero-order valence-corrected chi connectivity index (χ0v) is 11.8. The first kappa shape index (κ1) is 13.7. The molecular weight excluding hydrogens is 282 g/mol. The maximum Gasteiger partial charge on any atom is 0.267 e. The minimum absolute atomic E-state index is 0.0435. The summed E-state index contributed by atoms with van der Waals surface area (Å²) < 4.78 is 0. The Labute approximate surface area is 118 Å². The first-order chi connectivity index (χ1) is 9.20. The molecule has 19 heavy (non-hydrogen) atoms. The summed E-state index contributed by atoms with van der Waals surface area (Å²) in [5.74, 6) is 5.59. The average Bonchev–Trinajstić information content (AvgIpc) is 3.00. The van der Waals surface area contributed by atoms with Crippen molar-refractivity contribution in [3.63, 3.8) is 0 Å². The van der Waals surface area contributed by atoms with E-state index in [1.807, 2.05) is 6.92 Å². The van der Waals surface area contributed by atoms with Crippen LogP contribution in [0.1, 0.15) is 26.5 Å². The lowest BCUT2D eigenvalue weighted by Crippen LogP contribution is -2.09. The Morgan fingerprint density at radius 1 is 1.58 bits per heavy atom. The van der Waals surface area contributed by atoms with Crippen LogP contribution in [0.5, 0.6) is 0 Å². The molecule has 2 N–H and O–H groups in total. The van der Waals surface area contributed by atoms with Crippen LogP contribution in [0.15, 0.2) is 11.6 Å². The summed E-state index contributed by atoms with van der Waals surface area (Å²) in [6, 6.07) is 1.80. The largest absolute Gasteiger partial charge is 0.395 e. The Morgan fingerprint density at radius 2 is 2.42 bits per heavy atom. The van der Waals surface area contributed by atoms with Crippen LogP contribution >= 0.6 is 22.7 Å². The average molecular weight is 293 g/mol. The number of hydrogen-bond acceptors (Lipinski definition) is 6. The molecule has 1 amide bonds. The smallest absolute Gasteiger partial charge is 0.267 e. The SMILES string of the molecule is Cc1cc(C(=O)Nc2nncs2)sc1C#CCCO. The molecule has 7 heteroatoms. The summed E-state index contributed by atoms with van der Waals surface area (Å²) in [4.78, 5) is 13.4. The summed E-state index contributed by atoms with van der Waals surface area (Å²) in [7, 11) is 0. The first-order valence-electron chi connectivity index (χ1n) is 5.48. The molecule has 0 radical (unpaired) electrons. The van der Waals surface area contributed by atoms with Crippen LogP contribution in [0, 0.1) is 18.8 Å². The maximum absolute atomic E-state index is 12.0. The number of carbonyl (C=O) groups excluding carboxylic acids is 1. The van der Waals surface area contributed by atoms with Crippen LogP contribution in [0.2, 0.25) is 0 Å². The van der Waals surface area contributed by atoms with Crippen molar-refractivity contribution < 1.29 is 9.90 Å². The van der Waals surface area contributed by atoms with Crippen LogP contribution < -0.4 is 5.32 Å². The molecule has 0 fully saturated rings. The van der Waals surface area contributed by atoms with Gasteiger partial charge in [-0.15, -0.1) is 21.5 Å². The van der Waals surface area contributed by atoms with Crippen LogP contribution in [0.25, 0.3) is 0 Å². The van der Waals surface area contributed by atoms with Crippen molar-refractivity contribution in [1.29, 1.82) is 0 Å². The van der Waals surface area contributed by atoms with Gasteiger partial charge in [0.25, 0.3) is 5.91 Å². The zero-order chi connectivity index (χ0) is 13.7. The van der Waals surface area contributed by atoms with Gasteiger partial charge in [0.05, 0.1) is 16.4 Å². The molecule has 0 bridgehead atoms. The Bertz CT molecular complexity index is 623. The topological polar surface area (TPSA) is 75.1 Å². The van der Waals surface area contributed by atoms with Gasteiger partial charge in [-0.1, -0.05) is 23.2 Å². The van der Waals surface area contributed by atoms with E-state index < -0.39 is 0 Å². The lowest BCUT2D eigenvalue weighted by molar-refractivity contribution is 0.103. The molecule has 0 atom stereocenters. The minimum atomic E-state index is -0.208. The van der Waals surface area contributed by atoms with Crippen molar-refractivity contribution in [2.24, 2.45) is 0 Å². The second-order valence-corrected chi connectivity index (χ2v) is 5.48. The number of anilines is 1. The standard InChI is InChI=1S/C12H11N3O2S2/c1-8-6-10(19-9(8)4-2-3-5-16)11(17)14-12-15-13-7-18-12/h6-7,16H,3,5H2,1H3,(H,14,15,17). The van der Waals surface area contributed by atoms with Gasteiger partial charge in [0, 0.05) is 6.42 Å². The van der Waals surface area contributed by atoms with E-state index in [4.69, 9.17) is 5.11 Å². The van der Waals surface area contributed by atoms with Gasteiger partial charge in [0.1, 0.15) is 5.51 Å². The van der Waals surface area contributed by atoms with Gasteiger partial charge >= 0.3 is 0 Å². The molecule has 0 aromatic carbocycles. The third-order valence-corrected chi connectivity index (χ3v) is 3.92. The van der Waals surface area contributed by atoms with Crippen molar-refractivity contribution in [3.05, 3.63) is 26.9 Å². The summed E-state index contributed by atoms with van der Waals surface area (Å²) in [5, 5.41) is 19.2. The molecule has 0 aliphatic rings. The van der Waals surface area contributed by atoms with E-state index in [1.165, 1.54) is 22.7 Å². The number of rotatable bonds is 3. The van der Waals surface area contributed by atoms with Crippen molar-refractivity contribution in [3.8, 4) is 11.8 Å². The lowest BCUT2D eigenvalue weighted by Gasteiger charge is -1.95. The number of aromatic nitrogens is 2. The van der Waals surface area contributed by atoms with E-state index in [0.717, 1.165) is 10.4 Å². The summed E-state index contributed by atoms with van der Waals surface area (Å²) in [5.41, 5.74) is 2.51. The number of amides is 1. The maximum atomic E-state index is 12.0. The van der Waals surface area contributed by atoms with Crippen molar-refractivity contribution in [2.45, 2.75) is 13.3 Å². The van der Waals surface area contributed by atoms with Gasteiger partial charge in [-0.25, -0.2) is 0 Å². The number of hydrogen-bond donors (Lipinski definition) is 2. The lowest BCUT2D eigenvalue weighted by atomic mass is 10.2. The molecule has 2 aromatic rings. The highest BCUT2D eigenvalue weighted by molar-refractivity contribution is 7.15. The molecule has 5 nitrogen and oxygen atoms in total. The first-order valence-corrected chi connectivity index (χ1v) is 7.18. The van der Waals surface area contributed by atoms with Gasteiger partial charge in [-0.05, 0) is 18.6 Å². The number of aliphatic hydroxyl groups excluding tert-OH is 1. The predicted molar refractivity (Wildman–Crippen MR) is 75.5 cm³/mol. The second-order valence-electron chi connectivity index (χ2n) is 3.60. The molecule has 2 rings (SSSR count). The fraction of sp³-hybridized carbons (Fsp3) is 0.250. The Hall–Kier alpha value is -1.75. The molecular formula is C12H11N3O2S2. The quantitative estimate of drug-likeness (QED) is 0.848. The van der Waals surface area contributed by atoms with Crippen LogP contribution in [-0.4, -0.2) is 27.8 Å². The van der Waals surface area contributed by atoms with Gasteiger partial charge in [-0.3, -0.25) is 10.1 Å². The number of thiophene rings is 1. The van der Waals surface area contributed by atoms with Gasteiger partial charge < -0.3 is 5.11 Å². The highest BCUT2D eigenvalue weighted by atomic mass is 32.1. The zero-order valence-electron chi connectivity index (χ0n) is 10.1. The van der Waals surface area contributed by atoms with Gasteiger partial charge in [0.2, 0.25) is 5.13 Å². The van der Waals surface area contributed by atoms with Gasteiger partial charge in [0.15, 0.2) is 0 Å². The van der Waals surface area contributed by atoms with E-state index in [2.05, 4.69) is 27.4 Å². The third-order valence-electron chi connectivity index (χ3n) is 2.16. The molecule has 2 heterocycles. The fourth-order valence-corrected chi connectivity index (χ4v) is 2.69. The van der Waals surface area contributed by atoms with E-state index in [9.17, 15) is 4.79 Å². The van der Waals surface area contributed by atoms with E-state index in [-0.39, 0.29) is 12.5 Å². The second kappa shape index (κ2) is 6.43. The molecule has 2 aromatic heterocycles. The summed E-state index contributed by atoms with van der Waals surface area (Å²) >= 11 is 2.60. The number of nitrogens with one attached hydrogen (secondary N) is 1. The third kappa shape index (κ3) is 3.61. The summed E-state index contributed by atoms with van der Waals surface area (Å²) in [6.45, 7) is 1.95. The molecule has 0 saturated carbocycles. The van der Waals surface area contributed by atoms with E-state index in [1.54, 1.807) is 11.6 Å². The molecule has 0 saturated heterocycles. The molecule has 98 valence electrons. The number of aliphatic hydroxyl groups is 1. The van der Waals surface area contributed by atoms with Crippen LogP contribution in [-0.2, 0) is 0 Å². The number of aryl methyl sites for hydroxylation is 1. The van der Waals surface area contributed by atoms with Crippen molar-refractivity contribution in [2.75, 3.05) is 11.9 Å². The monoisotopic (exact) mass is 293 g/mol.